The zero-order valence-corrected chi connectivity index (χ0v) is 26.0. The molecule has 1 N–H and O–H groups in total. The molecular formula is C27H34N4O9S2. The quantitative estimate of drug-likeness (QED) is 0.198. The van der Waals surface area contributed by atoms with Crippen LogP contribution >= 0.6 is 0 Å². The number of nitrogens with zero attached hydrogens (tertiary/aromatic N) is 3. The Kier molecular flexibility index (Phi) is 9.80. The van der Waals surface area contributed by atoms with Crippen LogP contribution in [0.5, 0.6) is 5.75 Å². The molecule has 1 aromatic carbocycles. The Morgan fingerprint density at radius 2 is 1.71 bits per heavy atom. The first-order valence-electron chi connectivity index (χ1n) is 12.9. The third kappa shape index (κ3) is 7.33. The molecule has 0 radical (unpaired) electrons. The molecule has 1 amide bonds. The lowest BCUT2D eigenvalue weighted by Crippen LogP contribution is -2.50. The van der Waals surface area contributed by atoms with Crippen molar-refractivity contribution in [3.63, 3.8) is 0 Å². The van der Waals surface area contributed by atoms with Gasteiger partial charge in [0.15, 0.2) is 10.7 Å². The molecular weight excluding hydrogens is 588 g/mol. The first-order chi connectivity index (χ1) is 19.5. The summed E-state index contributed by atoms with van der Waals surface area (Å²) in [6.45, 7) is 8.59. The molecule has 0 aliphatic carbocycles. The van der Waals surface area contributed by atoms with Crippen LogP contribution in [-0.2, 0) is 29.6 Å². The average molecular weight is 623 g/mol. The summed E-state index contributed by atoms with van der Waals surface area (Å²) in [6, 6.07) is 8.54. The lowest BCUT2D eigenvalue weighted by atomic mass is 10.2. The number of ether oxygens (including phenoxy) is 2. The molecule has 0 fully saturated rings. The van der Waals surface area contributed by atoms with Crippen LogP contribution in [0, 0.1) is 6.92 Å². The Labute approximate surface area is 245 Å². The van der Waals surface area contributed by atoms with E-state index in [-0.39, 0.29) is 22.2 Å². The highest BCUT2D eigenvalue weighted by Crippen LogP contribution is 2.35. The van der Waals surface area contributed by atoms with Crippen LogP contribution in [0.2, 0.25) is 0 Å². The second-order valence-corrected chi connectivity index (χ2v) is 13.8. The van der Waals surface area contributed by atoms with Crippen LogP contribution < -0.4 is 9.50 Å². The molecule has 3 aromatic rings. The molecule has 0 spiro atoms. The summed E-state index contributed by atoms with van der Waals surface area (Å²) >= 11 is 0. The van der Waals surface area contributed by atoms with E-state index < -0.39 is 60.4 Å². The number of sulfonamides is 1. The molecule has 0 bridgehead atoms. The van der Waals surface area contributed by atoms with Crippen LogP contribution in [0.15, 0.2) is 52.5 Å². The Balaban J connectivity index is 2.19. The predicted octanol–water partition coefficient (Wildman–Crippen LogP) is 3.76. The number of carbonyl (C=O) groups excluding carboxylic acids is 2. The number of benzene rings is 1. The number of aromatic nitrogens is 2. The number of nitrogens with one attached hydrogen (secondary N) is 1. The average Bonchev–Trinajstić information content (AvgIpc) is 2.91. The fraction of sp³-hybridized carbons (Fsp3) is 0.407. The first-order valence-corrected chi connectivity index (χ1v) is 15.7. The van der Waals surface area contributed by atoms with E-state index in [1.54, 1.807) is 46.8 Å². The summed E-state index contributed by atoms with van der Waals surface area (Å²) < 4.78 is 70.6. The Morgan fingerprint density at radius 3 is 2.29 bits per heavy atom. The largest absolute Gasteiger partial charge is 0.464 e. The molecule has 0 saturated carbocycles. The minimum atomic E-state index is -4.56. The van der Waals surface area contributed by atoms with E-state index in [0.717, 1.165) is 17.0 Å². The van der Waals surface area contributed by atoms with Gasteiger partial charge in [0.2, 0.25) is 5.75 Å². The summed E-state index contributed by atoms with van der Waals surface area (Å²) in [4.78, 5) is 33.3. The number of alkyl carbamates (subject to hydrolysis) is 1. The Bertz CT molecular complexity index is 1680. The number of hydrogen-bond acceptors (Lipinski definition) is 11. The van der Waals surface area contributed by atoms with E-state index in [9.17, 15) is 26.4 Å². The molecule has 228 valence electrons. The standard InChI is InChI=1S/C27H34N4O9S2/c1-8-10-20(29-26(33)39-27(3,4)5)31(6)41(34,35)24-19-11-9-16-28-21(19)23(22(30-24)25(32)38-7)40-42(36,37)18-14-12-17(2)13-15-18/h9,11-16,20H,8,10H2,1-7H3,(H,29,33). The van der Waals surface area contributed by atoms with E-state index in [2.05, 4.69) is 15.3 Å². The van der Waals surface area contributed by atoms with Crippen molar-refractivity contribution in [2.75, 3.05) is 14.2 Å². The van der Waals surface area contributed by atoms with Gasteiger partial charge in [-0.15, -0.1) is 0 Å². The molecule has 15 heteroatoms. The molecule has 1 unspecified atom stereocenters. The molecule has 2 heterocycles. The van der Waals surface area contributed by atoms with Gasteiger partial charge in [-0.3, -0.25) is 4.98 Å². The lowest BCUT2D eigenvalue weighted by Gasteiger charge is -2.29. The lowest BCUT2D eigenvalue weighted by molar-refractivity contribution is 0.0468. The normalized spacial score (nSPS) is 13.0. The maximum absolute atomic E-state index is 14.0. The van der Waals surface area contributed by atoms with Gasteiger partial charge < -0.3 is 19.0 Å². The van der Waals surface area contributed by atoms with E-state index in [1.165, 1.54) is 37.5 Å². The zero-order valence-electron chi connectivity index (χ0n) is 24.4. The molecule has 2 aromatic heterocycles. The topological polar surface area (TPSA) is 171 Å². The molecule has 42 heavy (non-hydrogen) atoms. The SMILES string of the molecule is CCCC(NC(=O)OC(C)(C)C)N(C)S(=O)(=O)c1nc(C(=O)OC)c(OS(=O)(=O)c2ccc(C)cc2)c2ncccc12. The fourth-order valence-electron chi connectivity index (χ4n) is 3.82. The molecule has 13 nitrogen and oxygen atoms in total. The van der Waals surface area contributed by atoms with Gasteiger partial charge in [0.25, 0.3) is 10.0 Å². The van der Waals surface area contributed by atoms with E-state index in [4.69, 9.17) is 13.7 Å². The summed E-state index contributed by atoms with van der Waals surface area (Å²) in [5, 5.41) is 1.81. The van der Waals surface area contributed by atoms with Gasteiger partial charge in [-0.2, -0.15) is 12.7 Å². The van der Waals surface area contributed by atoms with Crippen molar-refractivity contribution in [1.82, 2.24) is 19.6 Å². The number of rotatable bonds is 10. The third-order valence-electron chi connectivity index (χ3n) is 5.87. The van der Waals surface area contributed by atoms with Crippen LogP contribution in [0.1, 0.15) is 56.6 Å². The van der Waals surface area contributed by atoms with Crippen molar-refractivity contribution in [2.45, 2.75) is 69.1 Å². The molecule has 0 aliphatic rings. The number of hydrogen-bond donors (Lipinski definition) is 1. The van der Waals surface area contributed by atoms with Gasteiger partial charge >= 0.3 is 22.2 Å². The fourth-order valence-corrected chi connectivity index (χ4v) is 6.18. The highest BCUT2D eigenvalue weighted by atomic mass is 32.2. The van der Waals surface area contributed by atoms with Gasteiger partial charge in [0, 0.05) is 18.6 Å². The van der Waals surface area contributed by atoms with Gasteiger partial charge in [0.05, 0.1) is 13.3 Å². The van der Waals surface area contributed by atoms with Crippen LogP contribution in [-0.4, -0.2) is 69.1 Å². The van der Waals surface area contributed by atoms with Crippen molar-refractivity contribution in [3.05, 3.63) is 53.9 Å². The van der Waals surface area contributed by atoms with Crippen molar-refractivity contribution < 1.29 is 40.1 Å². The molecule has 3 rings (SSSR count). The smallest absolute Gasteiger partial charge is 0.408 e. The maximum atomic E-state index is 14.0. The number of fused-ring (bicyclic) bond motifs is 1. The number of amides is 1. The summed E-state index contributed by atoms with van der Waals surface area (Å²) in [7, 11) is -6.81. The van der Waals surface area contributed by atoms with Crippen molar-refractivity contribution in [1.29, 1.82) is 0 Å². The maximum Gasteiger partial charge on any atom is 0.408 e. The number of methoxy groups -OCH3 is 1. The summed E-state index contributed by atoms with van der Waals surface area (Å²) in [6.07, 6.45) is 0.0993. The van der Waals surface area contributed by atoms with Crippen LogP contribution in [0.4, 0.5) is 4.79 Å². The predicted molar refractivity (Wildman–Crippen MR) is 153 cm³/mol. The van der Waals surface area contributed by atoms with Gasteiger partial charge in [-0.05, 0) is 58.4 Å². The van der Waals surface area contributed by atoms with Gasteiger partial charge in [-0.1, -0.05) is 31.0 Å². The monoisotopic (exact) mass is 622 g/mol. The minimum absolute atomic E-state index is 0.126. The highest BCUT2D eigenvalue weighted by Gasteiger charge is 2.36. The van der Waals surface area contributed by atoms with E-state index >= 15 is 0 Å². The van der Waals surface area contributed by atoms with Crippen molar-refractivity contribution in [3.8, 4) is 5.75 Å². The number of carbonyl (C=O) groups is 2. The van der Waals surface area contributed by atoms with E-state index in [0.29, 0.717) is 6.42 Å². The molecule has 0 aliphatic heterocycles. The molecule has 1 atom stereocenters. The highest BCUT2D eigenvalue weighted by molar-refractivity contribution is 7.89. The van der Waals surface area contributed by atoms with Gasteiger partial charge in [-0.25, -0.2) is 23.0 Å². The summed E-state index contributed by atoms with van der Waals surface area (Å²) in [5.41, 5.74) is -1.01. The first kappa shape index (κ1) is 32.7. The number of pyridine rings is 2. The van der Waals surface area contributed by atoms with E-state index in [1.807, 2.05) is 0 Å². The zero-order chi connectivity index (χ0) is 31.5. The Hall–Kier alpha value is -3.82. The number of esters is 1. The number of aryl methyl sites for hydroxylation is 1. The third-order valence-corrected chi connectivity index (χ3v) is 8.92. The van der Waals surface area contributed by atoms with Gasteiger partial charge in [0.1, 0.15) is 16.0 Å². The molecule has 0 saturated heterocycles. The van der Waals surface area contributed by atoms with Crippen molar-refractivity contribution in [2.24, 2.45) is 0 Å². The van der Waals surface area contributed by atoms with Crippen molar-refractivity contribution >= 4 is 43.1 Å². The summed E-state index contributed by atoms with van der Waals surface area (Å²) in [5.74, 6) is -1.76. The Morgan fingerprint density at radius 1 is 1.07 bits per heavy atom. The van der Waals surface area contributed by atoms with Crippen LogP contribution in [0.3, 0.4) is 0 Å². The minimum Gasteiger partial charge on any atom is -0.464 e. The second-order valence-electron chi connectivity index (χ2n) is 10.3. The van der Waals surface area contributed by atoms with Crippen LogP contribution in [0.25, 0.3) is 10.9 Å². The second kappa shape index (κ2) is 12.6.